The van der Waals surface area contributed by atoms with Gasteiger partial charge in [0.1, 0.15) is 10.5 Å². The Balaban J connectivity index is 1.60. The van der Waals surface area contributed by atoms with Crippen molar-refractivity contribution in [1.29, 1.82) is 0 Å². The molecule has 2 unspecified atom stereocenters. The van der Waals surface area contributed by atoms with Crippen LogP contribution in [0.5, 0.6) is 0 Å². The molecule has 2 aromatic carbocycles. The molecule has 53 heavy (non-hydrogen) atoms. The summed E-state index contributed by atoms with van der Waals surface area (Å²) in [4.78, 5) is 0. The molecule has 2 rings (SSSR count). The molecule has 0 aliphatic heterocycles. The average molecular weight is 1020 g/mol. The summed E-state index contributed by atoms with van der Waals surface area (Å²) in [5.41, 5.74) is 2.62. The summed E-state index contributed by atoms with van der Waals surface area (Å²) in [6, 6.07) is 27.1. The van der Waals surface area contributed by atoms with E-state index in [1.54, 1.807) is 0 Å². The minimum Gasteiger partial charge on any atom is -0.449 e. The van der Waals surface area contributed by atoms with Crippen molar-refractivity contribution in [2.24, 2.45) is 0 Å². The maximum absolute atomic E-state index is 7.49. The zero-order valence-electron chi connectivity index (χ0n) is 32.2. The fourth-order valence-corrected chi connectivity index (χ4v) is 41.9. The lowest BCUT2D eigenvalue weighted by Gasteiger charge is -2.42. The molecule has 0 fully saturated rings. The van der Waals surface area contributed by atoms with Gasteiger partial charge in [-0.2, -0.15) is 0 Å². The first-order valence-corrected chi connectivity index (χ1v) is 39.1. The van der Waals surface area contributed by atoms with Crippen molar-refractivity contribution in [1.82, 2.24) is 0 Å². The molecule has 0 saturated heterocycles. The van der Waals surface area contributed by atoms with Crippen molar-refractivity contribution in [2.45, 2.75) is 64.0 Å². The minimum absolute atomic E-state index is 0.734. The van der Waals surface area contributed by atoms with E-state index in [-0.39, 0.29) is 0 Å². The van der Waals surface area contributed by atoms with Gasteiger partial charge in [-0.15, -0.1) is 0 Å². The second kappa shape index (κ2) is 34.2. The van der Waals surface area contributed by atoms with Gasteiger partial charge in [0.25, 0.3) is 120 Å². The van der Waals surface area contributed by atoms with Gasteiger partial charge in [-0.1, -0.05) is 88.4 Å². The second-order valence-electron chi connectivity index (χ2n) is 11.7. The van der Waals surface area contributed by atoms with Crippen LogP contribution in [0.3, 0.4) is 0 Å². The van der Waals surface area contributed by atoms with Crippen molar-refractivity contribution < 1.29 is 61.7 Å². The van der Waals surface area contributed by atoms with Gasteiger partial charge < -0.3 is 61.7 Å². The van der Waals surface area contributed by atoms with Crippen LogP contribution >= 0.6 is 0 Å². The zero-order chi connectivity index (χ0) is 38.1. The van der Waals surface area contributed by atoms with E-state index >= 15 is 0 Å². The van der Waals surface area contributed by atoms with E-state index in [0.29, 0.717) is 0 Å². The Labute approximate surface area is 351 Å². The maximum atomic E-state index is 7.49. The molecule has 0 aliphatic carbocycles. The van der Waals surface area contributed by atoms with Crippen LogP contribution in [0.15, 0.2) is 60.7 Å². The molecule has 0 heterocycles. The Morgan fingerprint density at radius 3 is 1.23 bits per heavy atom. The smallest absolute Gasteiger partial charge is 0.323 e. The summed E-state index contributed by atoms with van der Waals surface area (Å²) in [6.07, 6.45) is 0. The third-order valence-corrected chi connectivity index (χ3v) is 37.8. The molecule has 0 aromatic heterocycles. The molecule has 304 valence electrons. The van der Waals surface area contributed by atoms with Gasteiger partial charge in [-0.25, -0.2) is 0 Å². The highest BCUT2D eigenvalue weighted by Gasteiger charge is 2.46. The lowest BCUT2D eigenvalue weighted by Crippen LogP contribution is -2.58. The van der Waals surface area contributed by atoms with Crippen molar-refractivity contribution in [3.05, 3.63) is 71.8 Å². The molecule has 0 saturated carbocycles. The van der Waals surface area contributed by atoms with Crippen molar-refractivity contribution >= 4 is 157 Å². The van der Waals surface area contributed by atoms with Gasteiger partial charge in [0, 0.05) is 6.04 Å². The van der Waals surface area contributed by atoms with Crippen LogP contribution in [0.4, 0.5) is 0 Å². The molecule has 0 spiro atoms. The molecule has 0 N–H and O–H groups in total. The molecule has 2 atom stereocenters. The molecular weight excluding hydrogens is 954 g/mol. The van der Waals surface area contributed by atoms with Crippen molar-refractivity contribution in [3.63, 3.8) is 0 Å². The van der Waals surface area contributed by atoms with Crippen molar-refractivity contribution in [3.8, 4) is 0 Å². The van der Waals surface area contributed by atoms with E-state index in [9.17, 15) is 0 Å². The Morgan fingerprint density at radius 2 is 0.868 bits per heavy atom. The summed E-state index contributed by atoms with van der Waals surface area (Å²) < 4.78 is 87.4. The van der Waals surface area contributed by atoms with Crippen LogP contribution in [-0.2, 0) is 73.8 Å². The van der Waals surface area contributed by atoms with E-state index in [1.165, 1.54) is 11.1 Å². The van der Waals surface area contributed by atoms with E-state index in [0.717, 1.165) is 46.8 Å². The predicted octanol–water partition coefficient (Wildman–Crippen LogP) is -7.25. The van der Waals surface area contributed by atoms with Crippen LogP contribution < -0.4 is 0 Å². The number of rotatable bonds is 37. The van der Waals surface area contributed by atoms with Crippen molar-refractivity contribution in [2.75, 3.05) is 0 Å². The molecule has 0 amide bonds. The first-order chi connectivity index (χ1) is 26.0. The first-order valence-electron chi connectivity index (χ1n) is 18.0. The summed E-state index contributed by atoms with van der Waals surface area (Å²) in [6.45, 7) is 8.99. The third kappa shape index (κ3) is 24.7. The van der Waals surface area contributed by atoms with Crippen LogP contribution in [0.2, 0.25) is 24.2 Å². The van der Waals surface area contributed by atoms with E-state index in [1.807, 2.05) is 0 Å². The molecule has 0 bridgehead atoms. The fourth-order valence-electron chi connectivity index (χ4n) is 4.98. The molecule has 0 aliphatic rings. The quantitative estimate of drug-likeness (QED) is 0.0468. The number of hydrogen-bond acceptors (Lipinski definition) is 15. The average Bonchev–Trinajstić information content (AvgIpc) is 3.19. The summed E-state index contributed by atoms with van der Waals surface area (Å²) in [5, 5.41) is 0. The van der Waals surface area contributed by atoms with E-state index in [4.69, 9.17) is 61.7 Å². The SMILES string of the molecule is CC[SiH](O[SiH2]O[SiH2]O[SiH2]O[SiH2]O[SiH2]O[SiH2]O[SiH2]O[SiH2]O[SiH2]O[SiH2]O[SiH2]O[SiH2]O[SiH3])O[Si](CC)(Cc1ccccc1)O[Si](CC)(CC)Cc1ccccc1. The van der Waals surface area contributed by atoms with E-state index in [2.05, 4.69) is 88.4 Å². The van der Waals surface area contributed by atoms with Gasteiger partial charge in [-0.3, -0.25) is 0 Å². The fraction of sp³-hybridized carbons (Fsp3) is 0.455. The topological polar surface area (TPSA) is 138 Å². The molecule has 2 aromatic rings. The normalized spacial score (nSPS) is 16.5. The second-order valence-corrected chi connectivity index (χ2v) is 46.5. The highest BCUT2D eigenvalue weighted by molar-refractivity contribution is 6.86. The maximum Gasteiger partial charge on any atom is 0.323 e. The number of hydrogen-bond donors (Lipinski definition) is 0. The van der Waals surface area contributed by atoms with Crippen LogP contribution in [-0.4, -0.2) is 157 Å². The Morgan fingerprint density at radius 1 is 0.491 bits per heavy atom. The third-order valence-electron chi connectivity index (χ3n) is 7.80. The van der Waals surface area contributed by atoms with Gasteiger partial charge >= 0.3 is 17.8 Å². The van der Waals surface area contributed by atoms with Gasteiger partial charge in [-0.05, 0) is 41.3 Å². The van der Waals surface area contributed by atoms with Crippen LogP contribution in [0, 0.1) is 0 Å². The summed E-state index contributed by atoms with van der Waals surface area (Å²) >= 11 is 0. The highest BCUT2D eigenvalue weighted by atomic mass is 28.5. The summed E-state index contributed by atoms with van der Waals surface area (Å²) in [5.74, 6) is 0. The Bertz CT molecular complexity index is 1120. The molecule has 0 radical (unpaired) electrons. The highest BCUT2D eigenvalue weighted by Crippen LogP contribution is 2.32. The monoisotopic (exact) mass is 1010 g/mol. The Hall–Kier alpha value is 1.31. The largest absolute Gasteiger partial charge is 0.449 e. The van der Waals surface area contributed by atoms with Gasteiger partial charge in [0.2, 0.25) is 0 Å². The lowest BCUT2D eigenvalue weighted by atomic mass is 10.2. The minimum atomic E-state index is -2.65. The first kappa shape index (κ1) is 50.5. The van der Waals surface area contributed by atoms with Crippen LogP contribution in [0.25, 0.3) is 0 Å². The molecule has 15 nitrogen and oxygen atoms in total. The Kier molecular flexibility index (Phi) is 32.6. The lowest BCUT2D eigenvalue weighted by molar-refractivity contribution is 0.316. The standard InChI is InChI=1S/C22H62O15Si16/c1-5-51(35-50-34-49-33-48-32-47-31-46-30-45-29-44-28-43-27-42-26-41-25-40-24-39-23-38)36-53(8-4,20-22-17-13-10-14-18-22)37-52(6-2,7-3)19-21-15-11-9-12-16-21/h9-18,51H,5-8,19-20,39-50H2,1-4,38H3. The van der Waals surface area contributed by atoms with Crippen LogP contribution in [0.1, 0.15) is 38.8 Å². The van der Waals surface area contributed by atoms with Gasteiger partial charge in [0.05, 0.1) is 0 Å². The van der Waals surface area contributed by atoms with E-state index < -0.39 is 146 Å². The number of benzene rings is 2. The zero-order valence-corrected chi connectivity index (χ0v) is 54.3. The molecule has 31 heteroatoms. The summed E-state index contributed by atoms with van der Waals surface area (Å²) in [7, 11) is -18.4. The molecular formula is C22H62O15Si16. The predicted molar refractivity (Wildman–Crippen MR) is 250 cm³/mol. The van der Waals surface area contributed by atoms with Gasteiger partial charge in [0.15, 0.2) is 8.32 Å².